The lowest BCUT2D eigenvalue weighted by atomic mass is 10.1. The Bertz CT molecular complexity index is 821. The van der Waals surface area contributed by atoms with Crippen LogP contribution in [0.3, 0.4) is 0 Å². The molecule has 4 unspecified atom stereocenters. The molecular weight excluding hydrogens is 482 g/mol. The number of primary amides is 1. The number of carbonyl (C=O) groups is 7. The van der Waals surface area contributed by atoms with Gasteiger partial charge < -0.3 is 48.7 Å². The number of nitrogens with one attached hydrogen (secondary N) is 4. The van der Waals surface area contributed by atoms with Crippen LogP contribution in [0.1, 0.15) is 45.4 Å². The molecule has 0 aromatic rings. The summed E-state index contributed by atoms with van der Waals surface area (Å²) in [6.07, 6.45) is 0.326. The third-order valence-corrected chi connectivity index (χ3v) is 4.81. The summed E-state index contributed by atoms with van der Waals surface area (Å²) in [7, 11) is 0. The highest BCUT2D eigenvalue weighted by Crippen LogP contribution is 2.03. The third-order valence-electron chi connectivity index (χ3n) is 4.81. The van der Waals surface area contributed by atoms with Gasteiger partial charge in [0.2, 0.25) is 29.5 Å². The normalized spacial score (nSPS) is 13.9. The number of hydrogen-bond donors (Lipinski definition) is 9. The maximum Gasteiger partial charge on any atom is 0.326 e. The summed E-state index contributed by atoms with van der Waals surface area (Å²) in [5.74, 6) is -6.97. The van der Waals surface area contributed by atoms with Gasteiger partial charge in [-0.1, -0.05) is 6.42 Å². The summed E-state index contributed by atoms with van der Waals surface area (Å²) in [6, 6.07) is -5.04. The zero-order valence-electron chi connectivity index (χ0n) is 20.0. The Balaban J connectivity index is 4.94. The maximum absolute atomic E-state index is 12.6. The van der Waals surface area contributed by atoms with E-state index in [1.54, 1.807) is 0 Å². The van der Waals surface area contributed by atoms with E-state index in [0.717, 1.165) is 0 Å². The molecule has 0 aromatic carbocycles. The van der Waals surface area contributed by atoms with E-state index in [-0.39, 0.29) is 12.8 Å². The summed E-state index contributed by atoms with van der Waals surface area (Å²) < 4.78 is 0. The summed E-state index contributed by atoms with van der Waals surface area (Å²) in [4.78, 5) is 81.9. The number of aliphatic carboxylic acids is 2. The molecule has 5 amide bonds. The van der Waals surface area contributed by atoms with Crippen LogP contribution in [-0.4, -0.2) is 88.9 Å². The Morgan fingerprint density at radius 3 is 2.00 bits per heavy atom. The number of carboxylic acid groups (broad SMARTS) is 2. The lowest BCUT2D eigenvalue weighted by Gasteiger charge is -2.22. The van der Waals surface area contributed by atoms with Gasteiger partial charge in [-0.15, -0.1) is 0 Å². The van der Waals surface area contributed by atoms with Gasteiger partial charge in [0.05, 0.1) is 19.0 Å². The van der Waals surface area contributed by atoms with Gasteiger partial charge in [-0.3, -0.25) is 28.8 Å². The second-order valence-electron chi connectivity index (χ2n) is 7.96. The van der Waals surface area contributed by atoms with E-state index in [9.17, 15) is 33.6 Å². The highest BCUT2D eigenvalue weighted by molar-refractivity contribution is 5.94. The SMILES string of the molecule is CC(NC(=O)C(CCC(N)=O)NC(=O)C(N)CCCCN)C(=O)NCC(=O)NC(CC(=O)O)C(=O)O. The number of rotatable bonds is 18. The quantitative estimate of drug-likeness (QED) is 0.0786. The average Bonchev–Trinajstić information content (AvgIpc) is 2.78. The van der Waals surface area contributed by atoms with Crippen molar-refractivity contribution >= 4 is 41.5 Å². The van der Waals surface area contributed by atoms with Gasteiger partial charge in [0.15, 0.2) is 0 Å². The van der Waals surface area contributed by atoms with Crippen molar-refractivity contribution in [1.82, 2.24) is 21.3 Å². The molecule has 0 saturated carbocycles. The van der Waals surface area contributed by atoms with Gasteiger partial charge in [0.1, 0.15) is 18.1 Å². The Morgan fingerprint density at radius 1 is 0.833 bits per heavy atom. The van der Waals surface area contributed by atoms with E-state index < -0.39 is 78.6 Å². The smallest absolute Gasteiger partial charge is 0.326 e. The Labute approximate surface area is 207 Å². The highest BCUT2D eigenvalue weighted by atomic mass is 16.4. The Hall–Kier alpha value is -3.79. The summed E-state index contributed by atoms with van der Waals surface area (Å²) in [6.45, 7) is 1.02. The van der Waals surface area contributed by atoms with Gasteiger partial charge in [-0.05, 0) is 32.7 Å². The fraction of sp³-hybridized carbons (Fsp3) is 0.650. The van der Waals surface area contributed by atoms with E-state index in [4.69, 9.17) is 27.4 Å². The highest BCUT2D eigenvalue weighted by Gasteiger charge is 2.27. The molecular formula is C20H35N7O9. The molecule has 0 fully saturated rings. The molecule has 0 bridgehead atoms. The zero-order chi connectivity index (χ0) is 27.8. The topological polar surface area (TPSA) is 286 Å². The Kier molecular flexibility index (Phi) is 15.0. The summed E-state index contributed by atoms with van der Waals surface area (Å²) in [5.41, 5.74) is 16.3. The van der Waals surface area contributed by atoms with E-state index in [0.29, 0.717) is 25.8 Å². The van der Waals surface area contributed by atoms with Crippen LogP contribution in [0.25, 0.3) is 0 Å². The minimum atomic E-state index is -1.69. The van der Waals surface area contributed by atoms with Crippen LogP contribution in [0.2, 0.25) is 0 Å². The minimum absolute atomic E-state index is 0.153. The van der Waals surface area contributed by atoms with E-state index in [2.05, 4.69) is 16.0 Å². The number of nitrogens with two attached hydrogens (primary N) is 3. The number of unbranched alkanes of at least 4 members (excludes halogenated alkanes) is 1. The third kappa shape index (κ3) is 13.8. The molecule has 12 N–H and O–H groups in total. The van der Waals surface area contributed by atoms with Crippen LogP contribution in [0, 0.1) is 0 Å². The fourth-order valence-electron chi connectivity index (χ4n) is 2.79. The van der Waals surface area contributed by atoms with Crippen LogP contribution >= 0.6 is 0 Å². The standard InChI is InChI=1S/C20H35N7O9/c1-10(17(32)24-9-15(29)26-13(20(35)36)8-16(30)31)25-19(34)12(5-6-14(23)28)27-18(33)11(22)4-2-3-7-21/h10-13H,2-9,21-22H2,1H3,(H2,23,28)(H,24,32)(H,25,34)(H,26,29)(H,27,33)(H,30,31)(H,35,36). The molecule has 16 heteroatoms. The largest absolute Gasteiger partial charge is 0.481 e. The molecule has 0 aliphatic heterocycles. The van der Waals surface area contributed by atoms with Crippen LogP contribution in [-0.2, 0) is 33.6 Å². The van der Waals surface area contributed by atoms with Crippen LogP contribution in [0.4, 0.5) is 0 Å². The van der Waals surface area contributed by atoms with Crippen LogP contribution in [0.5, 0.6) is 0 Å². The molecule has 0 aromatic heterocycles. The van der Waals surface area contributed by atoms with Gasteiger partial charge in [0, 0.05) is 6.42 Å². The number of carboxylic acids is 2. The molecule has 0 spiro atoms. The first-order valence-corrected chi connectivity index (χ1v) is 11.1. The molecule has 204 valence electrons. The Morgan fingerprint density at radius 2 is 1.47 bits per heavy atom. The molecule has 4 atom stereocenters. The average molecular weight is 518 g/mol. The molecule has 16 nitrogen and oxygen atoms in total. The summed E-state index contributed by atoms with van der Waals surface area (Å²) in [5, 5.41) is 26.5. The minimum Gasteiger partial charge on any atom is -0.481 e. The van der Waals surface area contributed by atoms with Crippen LogP contribution < -0.4 is 38.5 Å². The molecule has 0 aliphatic rings. The zero-order valence-corrected chi connectivity index (χ0v) is 20.0. The molecule has 0 heterocycles. The molecule has 36 heavy (non-hydrogen) atoms. The first-order valence-electron chi connectivity index (χ1n) is 11.1. The van der Waals surface area contributed by atoms with Crippen molar-refractivity contribution in [1.29, 1.82) is 0 Å². The molecule has 0 aliphatic carbocycles. The molecule has 0 radical (unpaired) electrons. The van der Waals surface area contributed by atoms with Crippen molar-refractivity contribution < 1.29 is 43.8 Å². The second-order valence-corrected chi connectivity index (χ2v) is 7.96. The maximum atomic E-state index is 12.6. The van der Waals surface area contributed by atoms with Crippen molar-refractivity contribution in [2.75, 3.05) is 13.1 Å². The van der Waals surface area contributed by atoms with E-state index in [1.807, 2.05) is 5.32 Å². The van der Waals surface area contributed by atoms with Crippen molar-refractivity contribution in [2.45, 2.75) is 69.6 Å². The van der Waals surface area contributed by atoms with E-state index in [1.165, 1.54) is 6.92 Å². The van der Waals surface area contributed by atoms with E-state index >= 15 is 0 Å². The number of hydrogen-bond acceptors (Lipinski definition) is 9. The van der Waals surface area contributed by atoms with Gasteiger partial charge in [-0.2, -0.15) is 0 Å². The van der Waals surface area contributed by atoms with Gasteiger partial charge >= 0.3 is 11.9 Å². The lowest BCUT2D eigenvalue weighted by molar-refractivity contribution is -0.147. The first kappa shape index (κ1) is 32.2. The summed E-state index contributed by atoms with van der Waals surface area (Å²) >= 11 is 0. The monoisotopic (exact) mass is 517 g/mol. The fourth-order valence-corrected chi connectivity index (χ4v) is 2.79. The van der Waals surface area contributed by atoms with Crippen molar-refractivity contribution in [3.63, 3.8) is 0 Å². The van der Waals surface area contributed by atoms with Crippen LogP contribution in [0.15, 0.2) is 0 Å². The van der Waals surface area contributed by atoms with Gasteiger partial charge in [-0.25, -0.2) is 4.79 Å². The van der Waals surface area contributed by atoms with Gasteiger partial charge in [0.25, 0.3) is 0 Å². The predicted octanol–water partition coefficient (Wildman–Crippen LogP) is -4.14. The molecule has 0 rings (SSSR count). The predicted molar refractivity (Wildman–Crippen MR) is 124 cm³/mol. The first-order chi connectivity index (χ1) is 16.8. The number of amides is 5. The lowest BCUT2D eigenvalue weighted by Crippen LogP contribution is -2.55. The van der Waals surface area contributed by atoms with Crippen molar-refractivity contribution in [3.8, 4) is 0 Å². The van der Waals surface area contributed by atoms with Crippen molar-refractivity contribution in [2.24, 2.45) is 17.2 Å². The number of carbonyl (C=O) groups excluding carboxylic acids is 5. The molecule has 0 saturated heterocycles. The second kappa shape index (κ2) is 16.8. The van der Waals surface area contributed by atoms with Crippen molar-refractivity contribution in [3.05, 3.63) is 0 Å².